The Morgan fingerprint density at radius 1 is 1.36 bits per heavy atom. The number of nitrogens with zero attached hydrogens (tertiary/aromatic N) is 1. The van der Waals surface area contributed by atoms with Crippen LogP contribution in [0, 0.1) is 0 Å². The van der Waals surface area contributed by atoms with Crippen molar-refractivity contribution in [2.45, 2.75) is 45.1 Å². The molecule has 8 heteroatoms. The number of amides is 2. The predicted molar refractivity (Wildman–Crippen MR) is 79.1 cm³/mol. The SMILES string of the molecule is CCCCCCOC(=O)N[C@H](CC(N)=O)C(=O)c1ncc[nH]1. The number of imidazole rings is 1. The molecule has 122 valence electrons. The van der Waals surface area contributed by atoms with Crippen molar-refractivity contribution in [2.75, 3.05) is 6.61 Å². The van der Waals surface area contributed by atoms with Gasteiger partial charge in [-0.15, -0.1) is 0 Å². The van der Waals surface area contributed by atoms with Gasteiger partial charge in [-0.25, -0.2) is 9.78 Å². The number of H-pyrrole nitrogens is 1. The van der Waals surface area contributed by atoms with Gasteiger partial charge in [0.05, 0.1) is 13.0 Å². The minimum Gasteiger partial charge on any atom is -0.450 e. The number of primary amides is 1. The second kappa shape index (κ2) is 9.54. The standard InChI is InChI=1S/C14H22N4O4/c1-2-3-4-5-8-22-14(21)18-10(9-11(15)19)12(20)13-16-6-7-17-13/h6-7,10H,2-5,8-9H2,1H3,(H2,15,19)(H,16,17)(H,18,21)/t10-/m1/s1. The molecule has 0 bridgehead atoms. The minimum absolute atomic E-state index is 0.0505. The Morgan fingerprint density at radius 2 is 2.14 bits per heavy atom. The number of carbonyl (C=O) groups is 3. The zero-order valence-electron chi connectivity index (χ0n) is 12.6. The van der Waals surface area contributed by atoms with Gasteiger partial charge in [-0.05, 0) is 6.42 Å². The summed E-state index contributed by atoms with van der Waals surface area (Å²) in [5, 5.41) is 2.36. The van der Waals surface area contributed by atoms with E-state index in [9.17, 15) is 14.4 Å². The van der Waals surface area contributed by atoms with Crippen LogP contribution in [0.2, 0.25) is 0 Å². The molecule has 1 rings (SSSR count). The molecule has 1 aromatic rings. The number of Topliss-reactive ketones (excluding diaryl/α,β-unsaturated/α-hetero) is 1. The molecular formula is C14H22N4O4. The highest BCUT2D eigenvalue weighted by Crippen LogP contribution is 2.03. The lowest BCUT2D eigenvalue weighted by Crippen LogP contribution is -2.44. The number of aromatic amines is 1. The van der Waals surface area contributed by atoms with Crippen LogP contribution in [0.3, 0.4) is 0 Å². The number of hydrogen-bond donors (Lipinski definition) is 3. The average Bonchev–Trinajstić information content (AvgIpc) is 2.99. The quantitative estimate of drug-likeness (QED) is 0.441. The molecule has 0 fully saturated rings. The first kappa shape index (κ1) is 17.7. The summed E-state index contributed by atoms with van der Waals surface area (Å²) in [6.45, 7) is 2.35. The van der Waals surface area contributed by atoms with E-state index >= 15 is 0 Å². The van der Waals surface area contributed by atoms with Gasteiger partial charge >= 0.3 is 6.09 Å². The van der Waals surface area contributed by atoms with E-state index in [4.69, 9.17) is 10.5 Å². The normalized spacial score (nSPS) is 11.7. The van der Waals surface area contributed by atoms with Crippen LogP contribution in [-0.4, -0.2) is 40.4 Å². The van der Waals surface area contributed by atoms with Gasteiger partial charge in [0.1, 0.15) is 6.04 Å². The van der Waals surface area contributed by atoms with Gasteiger partial charge in [-0.1, -0.05) is 26.2 Å². The molecule has 0 saturated carbocycles. The van der Waals surface area contributed by atoms with E-state index in [1.165, 1.54) is 12.4 Å². The van der Waals surface area contributed by atoms with Crippen LogP contribution in [0.15, 0.2) is 12.4 Å². The van der Waals surface area contributed by atoms with Crippen molar-refractivity contribution in [2.24, 2.45) is 5.73 Å². The largest absolute Gasteiger partial charge is 0.450 e. The number of rotatable bonds is 10. The molecule has 1 heterocycles. The first-order valence-electron chi connectivity index (χ1n) is 7.29. The van der Waals surface area contributed by atoms with Gasteiger partial charge in [0.25, 0.3) is 0 Å². The highest BCUT2D eigenvalue weighted by Gasteiger charge is 2.26. The molecule has 1 atom stereocenters. The number of nitrogens with two attached hydrogens (primary N) is 1. The van der Waals surface area contributed by atoms with E-state index in [0.29, 0.717) is 0 Å². The maximum absolute atomic E-state index is 12.1. The zero-order chi connectivity index (χ0) is 16.4. The summed E-state index contributed by atoms with van der Waals surface area (Å²) in [4.78, 5) is 41.3. The summed E-state index contributed by atoms with van der Waals surface area (Å²) in [5.41, 5.74) is 5.10. The second-order valence-electron chi connectivity index (χ2n) is 4.87. The molecule has 8 nitrogen and oxygen atoms in total. The van der Waals surface area contributed by atoms with Crippen LogP contribution in [0.1, 0.15) is 49.6 Å². The van der Waals surface area contributed by atoms with Gasteiger partial charge < -0.3 is 20.8 Å². The van der Waals surface area contributed by atoms with Crippen LogP contribution in [0.5, 0.6) is 0 Å². The molecule has 0 aromatic carbocycles. The van der Waals surface area contributed by atoms with Crippen molar-refractivity contribution in [1.82, 2.24) is 15.3 Å². The van der Waals surface area contributed by atoms with Crippen LogP contribution >= 0.6 is 0 Å². The lowest BCUT2D eigenvalue weighted by molar-refractivity contribution is -0.118. The Hall–Kier alpha value is -2.38. The number of nitrogens with one attached hydrogen (secondary N) is 2. The minimum atomic E-state index is -1.09. The van der Waals surface area contributed by atoms with E-state index in [0.717, 1.165) is 25.7 Å². The smallest absolute Gasteiger partial charge is 0.407 e. The van der Waals surface area contributed by atoms with Crippen LogP contribution in [0.25, 0.3) is 0 Å². The van der Waals surface area contributed by atoms with Crippen LogP contribution < -0.4 is 11.1 Å². The van der Waals surface area contributed by atoms with Gasteiger partial charge in [-0.2, -0.15) is 0 Å². The lowest BCUT2D eigenvalue weighted by Gasteiger charge is -2.15. The molecule has 0 saturated heterocycles. The number of hydrogen-bond acceptors (Lipinski definition) is 5. The van der Waals surface area contributed by atoms with Gasteiger partial charge in [-0.3, -0.25) is 9.59 Å². The van der Waals surface area contributed by atoms with Gasteiger partial charge in [0.2, 0.25) is 11.7 Å². The first-order valence-corrected chi connectivity index (χ1v) is 7.29. The van der Waals surface area contributed by atoms with E-state index in [1.807, 2.05) is 0 Å². The molecule has 0 spiro atoms. The third kappa shape index (κ3) is 6.38. The molecule has 0 aliphatic carbocycles. The monoisotopic (exact) mass is 310 g/mol. The summed E-state index contributed by atoms with van der Waals surface area (Å²) in [6, 6.07) is -1.09. The highest BCUT2D eigenvalue weighted by molar-refractivity contribution is 6.00. The maximum Gasteiger partial charge on any atom is 0.407 e. The molecule has 0 aliphatic rings. The molecule has 22 heavy (non-hydrogen) atoms. The summed E-state index contributed by atoms with van der Waals surface area (Å²) >= 11 is 0. The zero-order valence-corrected chi connectivity index (χ0v) is 12.6. The third-order valence-electron chi connectivity index (χ3n) is 2.98. The van der Waals surface area contributed by atoms with Crippen molar-refractivity contribution in [3.63, 3.8) is 0 Å². The topological polar surface area (TPSA) is 127 Å². The molecule has 0 aliphatic heterocycles. The lowest BCUT2D eigenvalue weighted by atomic mass is 10.1. The van der Waals surface area contributed by atoms with Crippen molar-refractivity contribution in [3.8, 4) is 0 Å². The summed E-state index contributed by atoms with van der Waals surface area (Å²) in [5.74, 6) is -1.17. The fourth-order valence-electron chi connectivity index (χ4n) is 1.85. The van der Waals surface area contributed by atoms with Crippen molar-refractivity contribution in [3.05, 3.63) is 18.2 Å². The van der Waals surface area contributed by atoms with Gasteiger partial charge in [0.15, 0.2) is 5.82 Å². The maximum atomic E-state index is 12.1. The fourth-order valence-corrected chi connectivity index (χ4v) is 1.85. The van der Waals surface area contributed by atoms with Crippen molar-refractivity contribution < 1.29 is 19.1 Å². The van der Waals surface area contributed by atoms with E-state index < -0.39 is 23.8 Å². The Bertz CT molecular complexity index is 487. The Balaban J connectivity index is 2.49. The Labute approximate surface area is 128 Å². The second-order valence-corrected chi connectivity index (χ2v) is 4.87. The molecule has 4 N–H and O–H groups in total. The van der Waals surface area contributed by atoms with E-state index in [-0.39, 0.29) is 18.9 Å². The summed E-state index contributed by atoms with van der Waals surface area (Å²) < 4.78 is 4.98. The molecular weight excluding hydrogens is 288 g/mol. The first-order chi connectivity index (χ1) is 10.5. The highest BCUT2D eigenvalue weighted by atomic mass is 16.5. The van der Waals surface area contributed by atoms with E-state index in [2.05, 4.69) is 22.2 Å². The molecule has 1 aromatic heterocycles. The number of ether oxygens (including phenoxy) is 1. The number of aromatic nitrogens is 2. The third-order valence-corrected chi connectivity index (χ3v) is 2.98. The number of alkyl carbamates (subject to hydrolysis) is 1. The summed E-state index contributed by atoms with van der Waals surface area (Å²) in [6.07, 6.45) is 5.71. The molecule has 0 unspecified atom stereocenters. The fraction of sp³-hybridized carbons (Fsp3) is 0.571. The van der Waals surface area contributed by atoms with Gasteiger partial charge in [0, 0.05) is 12.4 Å². The molecule has 0 radical (unpaired) electrons. The van der Waals surface area contributed by atoms with E-state index in [1.54, 1.807) is 0 Å². The molecule has 2 amide bonds. The van der Waals surface area contributed by atoms with Crippen LogP contribution in [-0.2, 0) is 9.53 Å². The summed E-state index contributed by atoms with van der Waals surface area (Å²) in [7, 11) is 0. The Kier molecular flexibility index (Phi) is 7.66. The predicted octanol–water partition coefficient (Wildman–Crippen LogP) is 1.14. The average molecular weight is 310 g/mol. The van der Waals surface area contributed by atoms with Crippen LogP contribution in [0.4, 0.5) is 4.79 Å². The Morgan fingerprint density at radius 3 is 2.73 bits per heavy atom. The number of ketones is 1. The van der Waals surface area contributed by atoms with Crippen molar-refractivity contribution in [1.29, 1.82) is 0 Å². The van der Waals surface area contributed by atoms with Crippen molar-refractivity contribution >= 4 is 17.8 Å². The number of carbonyl (C=O) groups excluding carboxylic acids is 3. The number of unbranched alkanes of at least 4 members (excludes halogenated alkanes) is 3.